The van der Waals surface area contributed by atoms with Gasteiger partial charge < -0.3 is 4.90 Å². The Bertz CT molecular complexity index is 279. The lowest BCUT2D eigenvalue weighted by Crippen LogP contribution is -2.36. The van der Waals surface area contributed by atoms with Gasteiger partial charge in [-0.15, -0.1) is 0 Å². The second kappa shape index (κ2) is 4.81. The first kappa shape index (κ1) is 12.3. The van der Waals surface area contributed by atoms with E-state index in [-0.39, 0.29) is 11.7 Å². The first-order valence-corrected chi connectivity index (χ1v) is 7.47. The molecule has 0 aromatic carbocycles. The van der Waals surface area contributed by atoms with Gasteiger partial charge in [-0.25, -0.2) is 8.42 Å². The lowest BCUT2D eigenvalue weighted by Gasteiger charge is -2.33. The second-order valence-corrected chi connectivity index (χ2v) is 7.17. The summed E-state index contributed by atoms with van der Waals surface area (Å²) < 4.78 is 21.8. The summed E-state index contributed by atoms with van der Waals surface area (Å²) in [6.45, 7) is 4.09. The third kappa shape index (κ3) is 4.15. The molecule has 0 amide bonds. The van der Waals surface area contributed by atoms with E-state index in [0.29, 0.717) is 5.92 Å². The van der Waals surface area contributed by atoms with Gasteiger partial charge >= 0.3 is 0 Å². The van der Waals surface area contributed by atoms with Crippen LogP contribution in [0.4, 0.5) is 0 Å². The third-order valence-electron chi connectivity index (χ3n) is 2.93. The van der Waals surface area contributed by atoms with Gasteiger partial charge in [0.15, 0.2) is 0 Å². The molecule has 84 valence electrons. The Morgan fingerprint density at radius 1 is 1.57 bits per heavy atom. The molecule has 0 aliphatic carbocycles. The van der Waals surface area contributed by atoms with Crippen molar-refractivity contribution in [2.45, 2.75) is 19.8 Å². The van der Waals surface area contributed by atoms with E-state index in [1.807, 2.05) is 6.92 Å². The highest BCUT2D eigenvalue weighted by molar-refractivity contribution is 8.13. The molecule has 0 aromatic heterocycles. The molecule has 2 unspecified atom stereocenters. The van der Waals surface area contributed by atoms with E-state index in [9.17, 15) is 8.42 Å². The fourth-order valence-electron chi connectivity index (χ4n) is 2.12. The Hall–Kier alpha value is 0.200. The normalized spacial score (nSPS) is 27.5. The third-order valence-corrected chi connectivity index (χ3v) is 4.23. The van der Waals surface area contributed by atoms with Gasteiger partial charge in [0, 0.05) is 17.2 Å². The highest BCUT2D eigenvalue weighted by atomic mass is 35.7. The molecule has 0 aromatic rings. The van der Waals surface area contributed by atoms with Gasteiger partial charge in [0.05, 0.1) is 5.75 Å². The summed E-state index contributed by atoms with van der Waals surface area (Å²) in [6.07, 6.45) is 2.28. The van der Waals surface area contributed by atoms with Crippen LogP contribution < -0.4 is 0 Å². The molecule has 0 saturated carbocycles. The van der Waals surface area contributed by atoms with Gasteiger partial charge in [-0.1, -0.05) is 6.92 Å². The van der Waals surface area contributed by atoms with Crippen LogP contribution in [0.5, 0.6) is 0 Å². The van der Waals surface area contributed by atoms with Gasteiger partial charge in [0.1, 0.15) is 0 Å². The van der Waals surface area contributed by atoms with Crippen molar-refractivity contribution in [3.05, 3.63) is 0 Å². The molecule has 0 bridgehead atoms. The van der Waals surface area contributed by atoms with Gasteiger partial charge in [0.2, 0.25) is 9.05 Å². The molecule has 1 heterocycles. The predicted octanol–water partition coefficient (Wildman–Crippen LogP) is 1.53. The van der Waals surface area contributed by atoms with E-state index in [4.69, 9.17) is 10.7 Å². The maximum Gasteiger partial charge on any atom is 0.232 e. The van der Waals surface area contributed by atoms with Crippen LogP contribution in [0.25, 0.3) is 0 Å². The van der Waals surface area contributed by atoms with Crippen LogP contribution in [-0.2, 0) is 9.05 Å². The molecule has 2 atom stereocenters. The number of nitrogens with zero attached hydrogens (tertiary/aromatic N) is 1. The molecule has 3 nitrogen and oxygen atoms in total. The number of rotatable bonds is 3. The lowest BCUT2D eigenvalue weighted by atomic mass is 9.88. The van der Waals surface area contributed by atoms with Gasteiger partial charge in [0.25, 0.3) is 0 Å². The minimum absolute atomic E-state index is 0.104. The smallest absolute Gasteiger partial charge is 0.232 e. The zero-order chi connectivity index (χ0) is 10.8. The Morgan fingerprint density at radius 2 is 2.21 bits per heavy atom. The summed E-state index contributed by atoms with van der Waals surface area (Å²) in [7, 11) is 3.98. The van der Waals surface area contributed by atoms with Crippen LogP contribution in [0.3, 0.4) is 0 Å². The van der Waals surface area contributed by atoms with Crippen molar-refractivity contribution in [2.24, 2.45) is 11.8 Å². The topological polar surface area (TPSA) is 37.4 Å². The van der Waals surface area contributed by atoms with Crippen LogP contribution in [0, 0.1) is 11.8 Å². The summed E-state index contributed by atoms with van der Waals surface area (Å²) >= 11 is 0. The highest BCUT2D eigenvalue weighted by Gasteiger charge is 2.25. The number of hydrogen-bond acceptors (Lipinski definition) is 3. The quantitative estimate of drug-likeness (QED) is 0.701. The molecule has 0 N–H and O–H groups in total. The molecule has 1 fully saturated rings. The second-order valence-electron chi connectivity index (χ2n) is 4.35. The molecule has 0 radical (unpaired) electrons. The molecule has 14 heavy (non-hydrogen) atoms. The maximum absolute atomic E-state index is 10.9. The van der Waals surface area contributed by atoms with Crippen LogP contribution in [0.15, 0.2) is 0 Å². The largest absolute Gasteiger partial charge is 0.306 e. The zero-order valence-corrected chi connectivity index (χ0v) is 10.3. The minimum Gasteiger partial charge on any atom is -0.306 e. The number of likely N-dealkylation sites (tertiary alicyclic amines) is 1. The molecule has 0 spiro atoms. The summed E-state index contributed by atoms with van der Waals surface area (Å²) in [4.78, 5) is 2.26. The Labute approximate surface area is 90.8 Å². The first-order chi connectivity index (χ1) is 6.38. The van der Waals surface area contributed by atoms with Crippen molar-refractivity contribution in [3.8, 4) is 0 Å². The van der Waals surface area contributed by atoms with Crippen LogP contribution in [0.1, 0.15) is 19.8 Å². The number of hydrogen-bond donors (Lipinski definition) is 0. The Balaban J connectivity index is 2.47. The van der Waals surface area contributed by atoms with E-state index < -0.39 is 9.05 Å². The van der Waals surface area contributed by atoms with Crippen LogP contribution >= 0.6 is 10.7 Å². The molecule has 1 rings (SSSR count). The lowest BCUT2D eigenvalue weighted by molar-refractivity contribution is 0.174. The van der Waals surface area contributed by atoms with Gasteiger partial charge in [-0.05, 0) is 38.3 Å². The van der Waals surface area contributed by atoms with E-state index in [1.54, 1.807) is 0 Å². The molecule has 1 saturated heterocycles. The Kier molecular flexibility index (Phi) is 4.22. The van der Waals surface area contributed by atoms with Crippen molar-refractivity contribution < 1.29 is 8.42 Å². The molecule has 1 aliphatic heterocycles. The minimum atomic E-state index is -3.34. The van der Waals surface area contributed by atoms with Crippen molar-refractivity contribution in [1.29, 1.82) is 0 Å². The summed E-state index contributed by atoms with van der Waals surface area (Å²) in [5.41, 5.74) is 0. The SMILES string of the molecule is CC(CS(=O)(=O)Cl)C1CCCN(C)C1. The Morgan fingerprint density at radius 3 is 2.71 bits per heavy atom. The van der Waals surface area contributed by atoms with E-state index in [2.05, 4.69) is 11.9 Å². The monoisotopic (exact) mass is 239 g/mol. The van der Waals surface area contributed by atoms with E-state index in [1.165, 1.54) is 0 Å². The average Bonchev–Trinajstić information content (AvgIpc) is 2.01. The molecular formula is C9H18ClNO2S. The van der Waals surface area contributed by atoms with Gasteiger partial charge in [-0.3, -0.25) is 0 Å². The van der Waals surface area contributed by atoms with Crippen molar-refractivity contribution in [2.75, 3.05) is 25.9 Å². The predicted molar refractivity (Wildman–Crippen MR) is 59.0 cm³/mol. The summed E-state index contributed by atoms with van der Waals surface area (Å²) in [5.74, 6) is 0.745. The summed E-state index contributed by atoms with van der Waals surface area (Å²) in [6, 6.07) is 0. The number of piperidine rings is 1. The summed E-state index contributed by atoms with van der Waals surface area (Å²) in [5, 5.41) is 0. The fourth-order valence-corrected chi connectivity index (χ4v) is 3.62. The van der Waals surface area contributed by atoms with Crippen LogP contribution in [-0.4, -0.2) is 39.2 Å². The highest BCUT2D eigenvalue weighted by Crippen LogP contribution is 2.24. The average molecular weight is 240 g/mol. The molecule has 1 aliphatic rings. The first-order valence-electron chi connectivity index (χ1n) is 4.99. The maximum atomic E-state index is 10.9. The van der Waals surface area contributed by atoms with E-state index in [0.717, 1.165) is 25.9 Å². The molecule has 5 heteroatoms. The standard InChI is InChI=1S/C9H18ClNO2S/c1-8(7-14(10,12)13)9-4-3-5-11(2)6-9/h8-9H,3-7H2,1-2H3. The van der Waals surface area contributed by atoms with E-state index >= 15 is 0 Å². The number of halogens is 1. The van der Waals surface area contributed by atoms with Crippen molar-refractivity contribution in [3.63, 3.8) is 0 Å². The van der Waals surface area contributed by atoms with Crippen LogP contribution in [0.2, 0.25) is 0 Å². The van der Waals surface area contributed by atoms with Gasteiger partial charge in [-0.2, -0.15) is 0 Å². The van der Waals surface area contributed by atoms with Crippen molar-refractivity contribution in [1.82, 2.24) is 4.90 Å². The molecular weight excluding hydrogens is 222 g/mol. The zero-order valence-electron chi connectivity index (χ0n) is 8.74. The van der Waals surface area contributed by atoms with Crippen molar-refractivity contribution >= 4 is 19.7 Å². The fraction of sp³-hybridized carbons (Fsp3) is 1.00.